The fourth-order valence-electron chi connectivity index (χ4n) is 2.78. The summed E-state index contributed by atoms with van der Waals surface area (Å²) in [6, 6.07) is 0. The Balaban J connectivity index is 1.87. The van der Waals surface area contributed by atoms with E-state index in [1.54, 1.807) is 0 Å². The fraction of sp³-hybridized carbons (Fsp3) is 0.917. The van der Waals surface area contributed by atoms with Gasteiger partial charge in [-0.15, -0.1) is 0 Å². The Labute approximate surface area is 92.2 Å². The van der Waals surface area contributed by atoms with E-state index in [2.05, 4.69) is 17.1 Å². The number of amides is 1. The van der Waals surface area contributed by atoms with Crippen LogP contribution in [-0.4, -0.2) is 37.5 Å². The van der Waals surface area contributed by atoms with Gasteiger partial charge in [0, 0.05) is 18.5 Å². The predicted molar refractivity (Wildman–Crippen MR) is 60.6 cm³/mol. The summed E-state index contributed by atoms with van der Waals surface area (Å²) in [5.74, 6) is 1.08. The maximum absolute atomic E-state index is 12.2. The number of likely N-dealkylation sites (tertiary alicyclic amines) is 1. The van der Waals surface area contributed by atoms with Crippen LogP contribution in [-0.2, 0) is 4.79 Å². The lowest BCUT2D eigenvalue weighted by Crippen LogP contribution is -2.45. The molecule has 3 heteroatoms. The molecule has 1 unspecified atom stereocenters. The molecule has 0 radical (unpaired) electrons. The third-order valence-electron chi connectivity index (χ3n) is 4.04. The SMILES string of the molecule is CNCC1CCN(C(=O)C2(C)CCC2)C1. The van der Waals surface area contributed by atoms with E-state index in [-0.39, 0.29) is 5.41 Å². The van der Waals surface area contributed by atoms with Crippen molar-refractivity contribution in [3.8, 4) is 0 Å². The van der Waals surface area contributed by atoms with Gasteiger partial charge in [-0.25, -0.2) is 0 Å². The number of carbonyl (C=O) groups excluding carboxylic acids is 1. The van der Waals surface area contributed by atoms with Gasteiger partial charge in [-0.3, -0.25) is 4.79 Å². The zero-order valence-electron chi connectivity index (χ0n) is 9.88. The third-order valence-corrected chi connectivity index (χ3v) is 4.04. The van der Waals surface area contributed by atoms with Crippen LogP contribution in [0.3, 0.4) is 0 Å². The van der Waals surface area contributed by atoms with Crippen LogP contribution >= 0.6 is 0 Å². The molecule has 1 atom stereocenters. The van der Waals surface area contributed by atoms with Gasteiger partial charge in [-0.2, -0.15) is 0 Å². The minimum Gasteiger partial charge on any atom is -0.342 e. The van der Waals surface area contributed by atoms with E-state index < -0.39 is 0 Å². The molecule has 1 saturated carbocycles. The molecule has 1 saturated heterocycles. The van der Waals surface area contributed by atoms with Crippen molar-refractivity contribution in [2.24, 2.45) is 11.3 Å². The van der Waals surface area contributed by atoms with Crippen LogP contribution in [0.1, 0.15) is 32.6 Å². The molecule has 1 aliphatic heterocycles. The number of nitrogens with zero attached hydrogens (tertiary/aromatic N) is 1. The van der Waals surface area contributed by atoms with Crippen LogP contribution in [0.5, 0.6) is 0 Å². The maximum atomic E-state index is 12.2. The van der Waals surface area contributed by atoms with Crippen molar-refractivity contribution in [2.75, 3.05) is 26.7 Å². The van der Waals surface area contributed by atoms with Gasteiger partial charge in [0.25, 0.3) is 0 Å². The van der Waals surface area contributed by atoms with Gasteiger partial charge < -0.3 is 10.2 Å². The van der Waals surface area contributed by atoms with Crippen molar-refractivity contribution in [3.63, 3.8) is 0 Å². The summed E-state index contributed by atoms with van der Waals surface area (Å²) in [6.45, 7) is 5.11. The molecule has 2 aliphatic rings. The molecule has 15 heavy (non-hydrogen) atoms. The Morgan fingerprint density at radius 1 is 1.53 bits per heavy atom. The highest BCUT2D eigenvalue weighted by Crippen LogP contribution is 2.42. The molecular weight excluding hydrogens is 188 g/mol. The highest BCUT2D eigenvalue weighted by molar-refractivity contribution is 5.83. The molecule has 1 N–H and O–H groups in total. The zero-order valence-corrected chi connectivity index (χ0v) is 9.88. The van der Waals surface area contributed by atoms with Crippen LogP contribution in [0.4, 0.5) is 0 Å². The first-order valence-electron chi connectivity index (χ1n) is 6.10. The lowest BCUT2D eigenvalue weighted by Gasteiger charge is -2.39. The average molecular weight is 210 g/mol. The highest BCUT2D eigenvalue weighted by atomic mass is 16.2. The zero-order chi connectivity index (χ0) is 10.9. The first-order chi connectivity index (χ1) is 7.15. The van der Waals surface area contributed by atoms with E-state index in [1.165, 1.54) is 12.8 Å². The molecule has 2 rings (SSSR count). The molecule has 1 aliphatic carbocycles. The normalized spacial score (nSPS) is 28.9. The van der Waals surface area contributed by atoms with Gasteiger partial charge in [0.1, 0.15) is 0 Å². The van der Waals surface area contributed by atoms with Gasteiger partial charge in [-0.05, 0) is 38.8 Å². The van der Waals surface area contributed by atoms with Crippen LogP contribution in [0.25, 0.3) is 0 Å². The monoisotopic (exact) mass is 210 g/mol. The number of rotatable bonds is 3. The Bertz CT molecular complexity index is 248. The molecule has 0 bridgehead atoms. The van der Waals surface area contributed by atoms with E-state index >= 15 is 0 Å². The van der Waals surface area contributed by atoms with Crippen LogP contribution in [0.15, 0.2) is 0 Å². The van der Waals surface area contributed by atoms with Gasteiger partial charge in [0.2, 0.25) is 5.91 Å². The van der Waals surface area contributed by atoms with Crippen molar-refractivity contribution in [3.05, 3.63) is 0 Å². The lowest BCUT2D eigenvalue weighted by atomic mass is 9.69. The predicted octanol–water partition coefficient (Wildman–Crippen LogP) is 1.24. The highest BCUT2D eigenvalue weighted by Gasteiger charge is 2.43. The molecule has 1 heterocycles. The van der Waals surface area contributed by atoms with Crippen LogP contribution < -0.4 is 5.32 Å². The topological polar surface area (TPSA) is 32.3 Å². The van der Waals surface area contributed by atoms with E-state index in [1.807, 2.05) is 7.05 Å². The van der Waals surface area contributed by atoms with E-state index in [0.717, 1.165) is 32.5 Å². The maximum Gasteiger partial charge on any atom is 0.228 e. The van der Waals surface area contributed by atoms with Gasteiger partial charge in [-0.1, -0.05) is 13.3 Å². The first-order valence-corrected chi connectivity index (χ1v) is 6.10. The summed E-state index contributed by atoms with van der Waals surface area (Å²) >= 11 is 0. The minimum absolute atomic E-state index is 0.00542. The van der Waals surface area contributed by atoms with E-state index in [4.69, 9.17) is 0 Å². The first kappa shape index (κ1) is 10.9. The summed E-state index contributed by atoms with van der Waals surface area (Å²) in [5.41, 5.74) is -0.00542. The van der Waals surface area contributed by atoms with Gasteiger partial charge in [0.15, 0.2) is 0 Å². The number of hydrogen-bond acceptors (Lipinski definition) is 2. The summed E-state index contributed by atoms with van der Waals surface area (Å²) in [6.07, 6.45) is 4.59. The summed E-state index contributed by atoms with van der Waals surface area (Å²) in [5, 5.41) is 3.20. The molecule has 0 aromatic carbocycles. The molecule has 3 nitrogen and oxygen atoms in total. The van der Waals surface area contributed by atoms with Crippen molar-refractivity contribution in [1.29, 1.82) is 0 Å². The number of hydrogen-bond donors (Lipinski definition) is 1. The second-order valence-corrected chi connectivity index (χ2v) is 5.38. The van der Waals surface area contributed by atoms with Crippen molar-refractivity contribution in [2.45, 2.75) is 32.6 Å². The standard InChI is InChI=1S/C12H22N2O/c1-12(5-3-6-12)11(15)14-7-4-10(9-14)8-13-2/h10,13H,3-9H2,1-2H3. The molecule has 0 aromatic heterocycles. The number of nitrogens with one attached hydrogen (secondary N) is 1. The molecule has 1 amide bonds. The summed E-state index contributed by atoms with van der Waals surface area (Å²) in [7, 11) is 1.98. The molecule has 0 spiro atoms. The largest absolute Gasteiger partial charge is 0.342 e. The second-order valence-electron chi connectivity index (χ2n) is 5.38. The van der Waals surface area contributed by atoms with Crippen LogP contribution in [0.2, 0.25) is 0 Å². The van der Waals surface area contributed by atoms with Crippen molar-refractivity contribution < 1.29 is 4.79 Å². The molecule has 86 valence electrons. The third kappa shape index (κ3) is 2.03. The van der Waals surface area contributed by atoms with Crippen LogP contribution in [0, 0.1) is 11.3 Å². The summed E-state index contributed by atoms with van der Waals surface area (Å²) in [4.78, 5) is 14.3. The lowest BCUT2D eigenvalue weighted by molar-refractivity contribution is -0.145. The molecular formula is C12H22N2O. The van der Waals surface area contributed by atoms with Gasteiger partial charge in [0.05, 0.1) is 0 Å². The molecule has 2 fully saturated rings. The van der Waals surface area contributed by atoms with Gasteiger partial charge >= 0.3 is 0 Å². The second kappa shape index (κ2) is 4.12. The Morgan fingerprint density at radius 3 is 2.80 bits per heavy atom. The Morgan fingerprint density at radius 2 is 2.27 bits per heavy atom. The van der Waals surface area contributed by atoms with Crippen molar-refractivity contribution in [1.82, 2.24) is 10.2 Å². The van der Waals surface area contributed by atoms with E-state index in [9.17, 15) is 4.79 Å². The summed E-state index contributed by atoms with van der Waals surface area (Å²) < 4.78 is 0. The minimum atomic E-state index is -0.00542. The van der Waals surface area contributed by atoms with Crippen molar-refractivity contribution >= 4 is 5.91 Å². The smallest absolute Gasteiger partial charge is 0.228 e. The Kier molecular flexibility index (Phi) is 3.01. The average Bonchev–Trinajstić information content (AvgIpc) is 2.62. The fourth-order valence-corrected chi connectivity index (χ4v) is 2.78. The Hall–Kier alpha value is -0.570. The number of carbonyl (C=O) groups is 1. The molecule has 0 aromatic rings. The van der Waals surface area contributed by atoms with E-state index in [0.29, 0.717) is 11.8 Å². The quantitative estimate of drug-likeness (QED) is 0.760.